The number of non-ortho nitro benzene ring substituents is 2. The van der Waals surface area contributed by atoms with E-state index in [0.717, 1.165) is 58.6 Å². The normalized spacial score (nSPS) is 22.8. The largest absolute Gasteiger partial charge is 0.463 e. The minimum atomic E-state index is -1.02. The summed E-state index contributed by atoms with van der Waals surface area (Å²) in [6.07, 6.45) is 10.7. The number of nitro benzene ring substituents is 2. The van der Waals surface area contributed by atoms with Gasteiger partial charge in [-0.25, -0.2) is 0 Å². The SMILES string of the molecule is CN1C(=CC=C2CCCC(C=CC3(Oc4ccccc4)N(C)c4ccc([N+](=O)[O-])cc4C3(C)C)=C2Cl)C(C)(C)c2cc([N+](=O)[O-])ccc21. The van der Waals surface area contributed by atoms with Gasteiger partial charge in [-0.1, -0.05) is 55.8 Å². The lowest BCUT2D eigenvalue weighted by Crippen LogP contribution is -2.57. The molecule has 0 fully saturated rings. The molecule has 0 N–H and O–H groups in total. The molecular formula is C38H39ClN4O5. The van der Waals surface area contributed by atoms with Crippen molar-refractivity contribution in [2.75, 3.05) is 23.9 Å². The van der Waals surface area contributed by atoms with Crippen LogP contribution in [-0.4, -0.2) is 29.7 Å². The standard InChI is InChI=1S/C38H39ClN4O5/c1-36(2)30-23-27(42(44)45)16-18-32(30)40(5)34(36)20-15-25-11-10-12-26(35(25)39)21-22-38(48-29-13-8-7-9-14-29)37(3,4)31-24-28(43(46)47)17-19-33(31)41(38)6/h7-9,13-24H,10-12H2,1-6H3. The highest BCUT2D eigenvalue weighted by molar-refractivity contribution is 6.32. The molecule has 2 heterocycles. The van der Waals surface area contributed by atoms with Crippen LogP contribution >= 0.6 is 11.6 Å². The first-order chi connectivity index (χ1) is 22.7. The summed E-state index contributed by atoms with van der Waals surface area (Å²) in [6.45, 7) is 8.25. The maximum Gasteiger partial charge on any atom is 0.269 e. The van der Waals surface area contributed by atoms with Crippen LogP contribution < -0.4 is 14.5 Å². The molecule has 6 rings (SSSR count). The minimum absolute atomic E-state index is 0.0362. The Labute approximate surface area is 285 Å². The van der Waals surface area contributed by atoms with Crippen LogP contribution in [0.25, 0.3) is 0 Å². The van der Waals surface area contributed by atoms with E-state index in [1.165, 1.54) is 6.07 Å². The molecule has 3 aliphatic rings. The lowest BCUT2D eigenvalue weighted by molar-refractivity contribution is -0.385. The molecule has 0 aromatic heterocycles. The molecule has 0 amide bonds. The van der Waals surface area contributed by atoms with Gasteiger partial charge in [0.15, 0.2) is 0 Å². The highest BCUT2D eigenvalue weighted by Gasteiger charge is 2.57. The second-order valence-electron chi connectivity index (χ2n) is 13.7. The van der Waals surface area contributed by atoms with Crippen molar-refractivity contribution in [2.45, 2.75) is 63.5 Å². The zero-order valence-corrected chi connectivity index (χ0v) is 28.7. The summed E-state index contributed by atoms with van der Waals surface area (Å²) < 4.78 is 6.86. The molecule has 3 aromatic carbocycles. The number of allylic oxidation sites excluding steroid dienone is 7. The highest BCUT2D eigenvalue weighted by atomic mass is 35.5. The lowest BCUT2D eigenvalue weighted by Gasteiger charge is -2.44. The minimum Gasteiger partial charge on any atom is -0.463 e. The number of likely N-dealkylation sites (N-methyl/N-ethyl adjacent to an activating group) is 2. The molecule has 0 bridgehead atoms. The number of nitro groups is 2. The number of hydrogen-bond acceptors (Lipinski definition) is 7. The number of nitrogens with zero attached hydrogens (tertiary/aromatic N) is 4. The molecule has 1 atom stereocenters. The van der Waals surface area contributed by atoms with Gasteiger partial charge in [0.25, 0.3) is 11.4 Å². The Morgan fingerprint density at radius 1 is 0.833 bits per heavy atom. The Kier molecular flexibility index (Phi) is 8.24. The summed E-state index contributed by atoms with van der Waals surface area (Å²) in [5.41, 5.74) is 4.52. The van der Waals surface area contributed by atoms with Crippen molar-refractivity contribution in [3.8, 4) is 5.75 Å². The Bertz CT molecular complexity index is 1950. The van der Waals surface area contributed by atoms with Gasteiger partial charge >= 0.3 is 0 Å². The van der Waals surface area contributed by atoms with Gasteiger partial charge in [-0.05, 0) is 91.8 Å². The second kappa shape index (κ2) is 12.0. The van der Waals surface area contributed by atoms with Gasteiger partial charge in [-0.15, -0.1) is 0 Å². The van der Waals surface area contributed by atoms with Crippen molar-refractivity contribution in [2.24, 2.45) is 0 Å². The second-order valence-corrected chi connectivity index (χ2v) is 14.0. The topological polar surface area (TPSA) is 102 Å². The fourth-order valence-electron chi connectivity index (χ4n) is 7.48. The number of fused-ring (bicyclic) bond motifs is 2. The van der Waals surface area contributed by atoms with Crippen LogP contribution in [0.3, 0.4) is 0 Å². The lowest BCUT2D eigenvalue weighted by atomic mass is 9.76. The van der Waals surface area contributed by atoms with Crippen molar-refractivity contribution in [1.29, 1.82) is 0 Å². The molecular weight excluding hydrogens is 628 g/mol. The van der Waals surface area contributed by atoms with Gasteiger partial charge in [0, 0.05) is 65.9 Å². The van der Waals surface area contributed by atoms with Crippen molar-refractivity contribution in [3.05, 3.63) is 144 Å². The van der Waals surface area contributed by atoms with Crippen LogP contribution in [-0.2, 0) is 10.8 Å². The van der Waals surface area contributed by atoms with E-state index in [2.05, 4.69) is 30.9 Å². The van der Waals surface area contributed by atoms with Gasteiger partial charge in [0.1, 0.15) is 5.75 Å². The fraction of sp³-hybridized carbons (Fsp3) is 0.316. The fourth-order valence-corrected chi connectivity index (χ4v) is 7.79. The highest BCUT2D eigenvalue weighted by Crippen LogP contribution is 2.54. The zero-order chi connectivity index (χ0) is 34.6. The number of ether oxygens (including phenoxy) is 1. The van der Waals surface area contributed by atoms with E-state index in [9.17, 15) is 20.2 Å². The van der Waals surface area contributed by atoms with Crippen LogP contribution in [0.1, 0.15) is 58.1 Å². The van der Waals surface area contributed by atoms with E-state index in [0.29, 0.717) is 10.8 Å². The first kappa shape index (κ1) is 33.0. The van der Waals surface area contributed by atoms with Crippen molar-refractivity contribution in [3.63, 3.8) is 0 Å². The van der Waals surface area contributed by atoms with E-state index < -0.39 is 16.6 Å². The van der Waals surface area contributed by atoms with Crippen LogP contribution in [0.5, 0.6) is 5.75 Å². The van der Waals surface area contributed by atoms with Crippen LogP contribution in [0.15, 0.2) is 113 Å². The summed E-state index contributed by atoms with van der Waals surface area (Å²) in [5, 5.41) is 23.9. The molecule has 0 radical (unpaired) electrons. The quantitative estimate of drug-likeness (QED) is 0.183. The van der Waals surface area contributed by atoms with Gasteiger partial charge in [-0.3, -0.25) is 20.2 Å². The van der Waals surface area contributed by atoms with E-state index in [4.69, 9.17) is 16.3 Å². The predicted molar refractivity (Wildman–Crippen MR) is 191 cm³/mol. The van der Waals surface area contributed by atoms with Gasteiger partial charge < -0.3 is 14.5 Å². The molecule has 3 aromatic rings. The molecule has 0 saturated heterocycles. The summed E-state index contributed by atoms with van der Waals surface area (Å²) in [6, 6.07) is 19.6. The monoisotopic (exact) mass is 666 g/mol. The Hall–Kier alpha value is -4.89. The molecule has 0 spiro atoms. The van der Waals surface area contributed by atoms with Crippen LogP contribution in [0.4, 0.5) is 22.7 Å². The first-order valence-corrected chi connectivity index (χ1v) is 16.4. The molecule has 2 aliphatic heterocycles. The molecule has 48 heavy (non-hydrogen) atoms. The Balaban J connectivity index is 1.38. The van der Waals surface area contributed by atoms with Crippen molar-refractivity contribution >= 4 is 34.4 Å². The summed E-state index contributed by atoms with van der Waals surface area (Å²) in [7, 11) is 3.93. The number of halogens is 1. The Morgan fingerprint density at radius 2 is 1.46 bits per heavy atom. The molecule has 0 saturated carbocycles. The summed E-state index contributed by atoms with van der Waals surface area (Å²) in [5.74, 6) is 0.676. The van der Waals surface area contributed by atoms with E-state index in [1.807, 2.05) is 81.4 Å². The van der Waals surface area contributed by atoms with Crippen molar-refractivity contribution < 1.29 is 14.6 Å². The summed E-state index contributed by atoms with van der Waals surface area (Å²) >= 11 is 7.14. The number of anilines is 2. The molecule has 1 aliphatic carbocycles. The first-order valence-electron chi connectivity index (χ1n) is 16.0. The summed E-state index contributed by atoms with van der Waals surface area (Å²) in [4.78, 5) is 26.6. The van der Waals surface area contributed by atoms with E-state index in [1.54, 1.807) is 24.3 Å². The number of hydrogen-bond donors (Lipinski definition) is 0. The zero-order valence-electron chi connectivity index (χ0n) is 28.0. The van der Waals surface area contributed by atoms with E-state index >= 15 is 0 Å². The molecule has 10 heteroatoms. The van der Waals surface area contributed by atoms with E-state index in [-0.39, 0.29) is 21.2 Å². The van der Waals surface area contributed by atoms with Crippen LogP contribution in [0.2, 0.25) is 0 Å². The molecule has 9 nitrogen and oxygen atoms in total. The number of para-hydroxylation sites is 1. The maximum absolute atomic E-state index is 11.7. The van der Waals surface area contributed by atoms with Crippen LogP contribution in [0, 0.1) is 20.2 Å². The third-order valence-electron chi connectivity index (χ3n) is 10.3. The van der Waals surface area contributed by atoms with Gasteiger partial charge in [-0.2, -0.15) is 0 Å². The average molecular weight is 667 g/mol. The molecule has 248 valence electrons. The third-order valence-corrected chi connectivity index (χ3v) is 10.8. The molecule has 1 unspecified atom stereocenters. The average Bonchev–Trinajstić information content (AvgIpc) is 3.35. The Morgan fingerprint density at radius 3 is 2.10 bits per heavy atom. The van der Waals surface area contributed by atoms with Gasteiger partial charge in [0.2, 0.25) is 5.72 Å². The number of rotatable bonds is 7. The number of benzene rings is 3. The third kappa shape index (κ3) is 5.26. The van der Waals surface area contributed by atoms with Crippen molar-refractivity contribution in [1.82, 2.24) is 0 Å². The smallest absolute Gasteiger partial charge is 0.269 e. The predicted octanol–water partition coefficient (Wildman–Crippen LogP) is 9.48. The van der Waals surface area contributed by atoms with Gasteiger partial charge in [0.05, 0.1) is 15.3 Å². The maximum atomic E-state index is 11.7.